The summed E-state index contributed by atoms with van der Waals surface area (Å²) in [6, 6.07) is 7.08. The van der Waals surface area contributed by atoms with Crippen molar-refractivity contribution in [1.82, 2.24) is 14.9 Å². The van der Waals surface area contributed by atoms with Gasteiger partial charge in [0.25, 0.3) is 0 Å². The summed E-state index contributed by atoms with van der Waals surface area (Å²) < 4.78 is 2.45. The van der Waals surface area contributed by atoms with Gasteiger partial charge in [-0.3, -0.25) is 0 Å². The Morgan fingerprint density at radius 1 is 1.40 bits per heavy atom. The van der Waals surface area contributed by atoms with E-state index in [2.05, 4.69) is 55.8 Å². The number of rotatable bonds is 3. The van der Waals surface area contributed by atoms with Gasteiger partial charge in [0.1, 0.15) is 5.82 Å². The van der Waals surface area contributed by atoms with E-state index in [-0.39, 0.29) is 5.41 Å². The van der Waals surface area contributed by atoms with Gasteiger partial charge in [-0.2, -0.15) is 0 Å². The van der Waals surface area contributed by atoms with Crippen LogP contribution in [0, 0.1) is 6.92 Å². The molecule has 3 heteroatoms. The van der Waals surface area contributed by atoms with E-state index in [0.717, 1.165) is 25.0 Å². The molecular weight excluding hydrogens is 246 g/mol. The Labute approximate surface area is 121 Å². The maximum Gasteiger partial charge on any atom is 0.117 e. The van der Waals surface area contributed by atoms with Crippen LogP contribution in [0.1, 0.15) is 51.0 Å². The van der Waals surface area contributed by atoms with Crippen molar-refractivity contribution in [2.45, 2.75) is 52.0 Å². The molecule has 1 N–H and O–H groups in total. The van der Waals surface area contributed by atoms with Crippen molar-refractivity contribution in [2.75, 3.05) is 13.1 Å². The summed E-state index contributed by atoms with van der Waals surface area (Å²) in [5, 5.41) is 3.53. The summed E-state index contributed by atoms with van der Waals surface area (Å²) in [6.07, 6.45) is 2.34. The molecule has 1 aromatic carbocycles. The highest BCUT2D eigenvalue weighted by atomic mass is 15.1. The first-order chi connectivity index (χ1) is 9.57. The lowest BCUT2D eigenvalue weighted by atomic mass is 9.83. The van der Waals surface area contributed by atoms with Gasteiger partial charge in [-0.05, 0) is 57.9 Å². The third-order valence-electron chi connectivity index (χ3n) is 4.76. The van der Waals surface area contributed by atoms with Gasteiger partial charge in [0.2, 0.25) is 0 Å². The van der Waals surface area contributed by atoms with Crippen LogP contribution in [0.4, 0.5) is 0 Å². The number of fused-ring (bicyclic) bond motifs is 1. The van der Waals surface area contributed by atoms with Crippen LogP contribution >= 0.6 is 0 Å². The van der Waals surface area contributed by atoms with Crippen LogP contribution in [0.25, 0.3) is 11.0 Å². The zero-order valence-corrected chi connectivity index (χ0v) is 13.0. The Hall–Kier alpha value is -1.35. The standard InChI is InChI=1S/C17H25N3/c1-5-17(8-9-18-11-17)16-19-14-10-13(4)6-7-15(14)20(16)12(2)3/h6-7,10,12,18H,5,8-9,11H2,1-4H3. The topological polar surface area (TPSA) is 29.9 Å². The van der Waals surface area contributed by atoms with E-state index in [9.17, 15) is 0 Å². The van der Waals surface area contributed by atoms with Gasteiger partial charge in [0.15, 0.2) is 0 Å². The summed E-state index contributed by atoms with van der Waals surface area (Å²) in [4.78, 5) is 5.04. The van der Waals surface area contributed by atoms with Crippen molar-refractivity contribution in [3.05, 3.63) is 29.6 Å². The molecule has 0 aliphatic carbocycles. The zero-order valence-electron chi connectivity index (χ0n) is 13.0. The molecule has 1 aliphatic rings. The summed E-state index contributed by atoms with van der Waals surface area (Å²) >= 11 is 0. The highest BCUT2D eigenvalue weighted by molar-refractivity contribution is 5.77. The van der Waals surface area contributed by atoms with E-state index in [1.165, 1.54) is 23.3 Å². The molecule has 20 heavy (non-hydrogen) atoms. The van der Waals surface area contributed by atoms with Crippen molar-refractivity contribution >= 4 is 11.0 Å². The van der Waals surface area contributed by atoms with Crippen LogP contribution in [0.5, 0.6) is 0 Å². The number of hydrogen-bond donors (Lipinski definition) is 1. The molecule has 1 unspecified atom stereocenters. The minimum Gasteiger partial charge on any atom is -0.325 e. The van der Waals surface area contributed by atoms with E-state index < -0.39 is 0 Å². The number of hydrogen-bond acceptors (Lipinski definition) is 2. The SMILES string of the molecule is CCC1(c2nc3cc(C)ccc3n2C(C)C)CCNC1. The smallest absolute Gasteiger partial charge is 0.117 e. The molecule has 108 valence electrons. The predicted molar refractivity (Wildman–Crippen MR) is 84.3 cm³/mol. The Balaban J connectivity index is 2.26. The summed E-state index contributed by atoms with van der Waals surface area (Å²) in [5.74, 6) is 1.28. The lowest BCUT2D eigenvalue weighted by Gasteiger charge is -2.28. The quantitative estimate of drug-likeness (QED) is 0.925. The first-order valence-electron chi connectivity index (χ1n) is 7.77. The Morgan fingerprint density at radius 2 is 2.20 bits per heavy atom. The molecule has 2 aromatic rings. The van der Waals surface area contributed by atoms with Crippen molar-refractivity contribution in [1.29, 1.82) is 0 Å². The van der Waals surface area contributed by atoms with E-state index in [1.54, 1.807) is 0 Å². The van der Waals surface area contributed by atoms with Gasteiger partial charge in [0, 0.05) is 18.0 Å². The molecule has 0 radical (unpaired) electrons. The average molecular weight is 271 g/mol. The van der Waals surface area contributed by atoms with E-state index in [4.69, 9.17) is 4.98 Å². The molecule has 0 amide bonds. The molecule has 3 nitrogen and oxygen atoms in total. The van der Waals surface area contributed by atoms with Crippen molar-refractivity contribution in [3.63, 3.8) is 0 Å². The highest BCUT2D eigenvalue weighted by Gasteiger charge is 2.38. The fourth-order valence-corrected chi connectivity index (χ4v) is 3.50. The van der Waals surface area contributed by atoms with E-state index in [1.807, 2.05) is 0 Å². The number of aryl methyl sites for hydroxylation is 1. The summed E-state index contributed by atoms with van der Waals surface area (Å²) in [6.45, 7) is 11.1. The van der Waals surface area contributed by atoms with Gasteiger partial charge < -0.3 is 9.88 Å². The van der Waals surface area contributed by atoms with Gasteiger partial charge in [-0.15, -0.1) is 0 Å². The van der Waals surface area contributed by atoms with Crippen LogP contribution in [-0.4, -0.2) is 22.6 Å². The molecule has 2 heterocycles. The first kappa shape index (κ1) is 13.6. The molecule has 0 spiro atoms. The second-order valence-electron chi connectivity index (χ2n) is 6.45. The molecule has 1 atom stereocenters. The van der Waals surface area contributed by atoms with Gasteiger partial charge in [-0.1, -0.05) is 13.0 Å². The maximum atomic E-state index is 5.04. The Kier molecular flexibility index (Phi) is 3.33. The molecule has 0 bridgehead atoms. The third kappa shape index (κ3) is 1.96. The molecule has 0 saturated carbocycles. The van der Waals surface area contributed by atoms with Crippen LogP contribution < -0.4 is 5.32 Å². The maximum absolute atomic E-state index is 5.04. The Morgan fingerprint density at radius 3 is 2.80 bits per heavy atom. The fraction of sp³-hybridized carbons (Fsp3) is 0.588. The Bertz CT molecular complexity index is 618. The monoisotopic (exact) mass is 271 g/mol. The average Bonchev–Trinajstić information content (AvgIpc) is 3.02. The first-order valence-corrected chi connectivity index (χ1v) is 7.77. The minimum atomic E-state index is 0.206. The summed E-state index contributed by atoms with van der Waals surface area (Å²) in [7, 11) is 0. The molecular formula is C17H25N3. The van der Waals surface area contributed by atoms with Crippen LogP contribution in [0.3, 0.4) is 0 Å². The van der Waals surface area contributed by atoms with Crippen LogP contribution in [-0.2, 0) is 5.41 Å². The predicted octanol–water partition coefficient (Wildman–Crippen LogP) is 3.57. The number of nitrogens with zero attached hydrogens (tertiary/aromatic N) is 2. The van der Waals surface area contributed by atoms with Crippen LogP contribution in [0.2, 0.25) is 0 Å². The van der Waals surface area contributed by atoms with E-state index >= 15 is 0 Å². The molecule has 1 fully saturated rings. The normalized spacial score (nSPS) is 23.1. The molecule has 3 rings (SSSR count). The van der Waals surface area contributed by atoms with Crippen molar-refractivity contribution in [2.24, 2.45) is 0 Å². The second-order valence-corrected chi connectivity index (χ2v) is 6.45. The van der Waals surface area contributed by atoms with Gasteiger partial charge >= 0.3 is 0 Å². The number of nitrogens with one attached hydrogen (secondary N) is 1. The lowest BCUT2D eigenvalue weighted by molar-refractivity contribution is 0.394. The fourth-order valence-electron chi connectivity index (χ4n) is 3.50. The molecule has 1 saturated heterocycles. The molecule has 1 aromatic heterocycles. The van der Waals surface area contributed by atoms with Crippen molar-refractivity contribution < 1.29 is 0 Å². The van der Waals surface area contributed by atoms with Crippen molar-refractivity contribution in [3.8, 4) is 0 Å². The minimum absolute atomic E-state index is 0.206. The van der Waals surface area contributed by atoms with Gasteiger partial charge in [-0.25, -0.2) is 4.98 Å². The number of aromatic nitrogens is 2. The third-order valence-corrected chi connectivity index (χ3v) is 4.76. The van der Waals surface area contributed by atoms with Gasteiger partial charge in [0.05, 0.1) is 11.0 Å². The second kappa shape index (κ2) is 4.88. The largest absolute Gasteiger partial charge is 0.325 e. The number of benzene rings is 1. The summed E-state index contributed by atoms with van der Waals surface area (Å²) in [5.41, 5.74) is 3.92. The lowest BCUT2D eigenvalue weighted by Crippen LogP contribution is -2.32. The molecule has 1 aliphatic heterocycles. The number of imidazole rings is 1. The van der Waals surface area contributed by atoms with Crippen LogP contribution in [0.15, 0.2) is 18.2 Å². The zero-order chi connectivity index (χ0) is 14.3. The highest BCUT2D eigenvalue weighted by Crippen LogP contribution is 2.37. The van der Waals surface area contributed by atoms with E-state index in [0.29, 0.717) is 6.04 Å².